The number of nitrogens with one attached hydrogen (secondary N) is 1. The molecule has 0 spiro atoms. The van der Waals surface area contributed by atoms with E-state index in [-0.39, 0.29) is 17.9 Å². The van der Waals surface area contributed by atoms with Gasteiger partial charge in [-0.25, -0.2) is 0 Å². The third-order valence-corrected chi connectivity index (χ3v) is 3.85. The maximum atomic E-state index is 12.8. The number of amides is 1. The van der Waals surface area contributed by atoms with Crippen LogP contribution >= 0.6 is 0 Å². The van der Waals surface area contributed by atoms with E-state index < -0.39 is 23.8 Å². The SMILES string of the molecule is O=C(Cc1ccccc1C(F)(F)F)NCC1CCCC1O. The Morgan fingerprint density at radius 3 is 2.62 bits per heavy atom. The van der Waals surface area contributed by atoms with Crippen LogP contribution in [0.25, 0.3) is 0 Å². The molecule has 2 atom stereocenters. The molecule has 1 saturated carbocycles. The number of aliphatic hydroxyl groups excluding tert-OH is 1. The normalized spacial score (nSPS) is 22.3. The fourth-order valence-electron chi connectivity index (χ4n) is 2.69. The zero-order valence-corrected chi connectivity index (χ0v) is 11.5. The molecule has 1 amide bonds. The van der Waals surface area contributed by atoms with Gasteiger partial charge in [0.2, 0.25) is 5.91 Å². The second-order valence-electron chi connectivity index (χ2n) is 5.39. The van der Waals surface area contributed by atoms with E-state index in [2.05, 4.69) is 5.32 Å². The quantitative estimate of drug-likeness (QED) is 0.898. The van der Waals surface area contributed by atoms with Gasteiger partial charge in [-0.15, -0.1) is 0 Å². The van der Waals surface area contributed by atoms with Crippen molar-refractivity contribution >= 4 is 5.91 Å². The molecule has 21 heavy (non-hydrogen) atoms. The zero-order chi connectivity index (χ0) is 15.5. The van der Waals surface area contributed by atoms with E-state index in [1.807, 2.05) is 0 Å². The van der Waals surface area contributed by atoms with Crippen LogP contribution in [0, 0.1) is 5.92 Å². The number of halogens is 3. The maximum Gasteiger partial charge on any atom is 0.416 e. The van der Waals surface area contributed by atoms with Gasteiger partial charge in [0.1, 0.15) is 0 Å². The first-order valence-corrected chi connectivity index (χ1v) is 6.98. The van der Waals surface area contributed by atoms with Crippen LogP contribution < -0.4 is 5.32 Å². The predicted molar refractivity (Wildman–Crippen MR) is 71.5 cm³/mol. The summed E-state index contributed by atoms with van der Waals surface area (Å²) in [5.74, 6) is -0.447. The van der Waals surface area contributed by atoms with Crippen LogP contribution in [-0.4, -0.2) is 23.7 Å². The Hall–Kier alpha value is -1.56. The number of aliphatic hydroxyl groups is 1. The largest absolute Gasteiger partial charge is 0.416 e. The summed E-state index contributed by atoms with van der Waals surface area (Å²) in [5, 5.41) is 12.3. The minimum absolute atomic E-state index is 0.00631. The van der Waals surface area contributed by atoms with Crippen LogP contribution in [0.4, 0.5) is 13.2 Å². The number of hydrogen-bond acceptors (Lipinski definition) is 2. The Kier molecular flexibility index (Phi) is 4.88. The highest BCUT2D eigenvalue weighted by molar-refractivity contribution is 5.79. The monoisotopic (exact) mass is 301 g/mol. The number of benzene rings is 1. The molecule has 0 saturated heterocycles. The minimum Gasteiger partial charge on any atom is -0.393 e. The number of hydrogen-bond donors (Lipinski definition) is 2. The lowest BCUT2D eigenvalue weighted by molar-refractivity contribution is -0.138. The second kappa shape index (κ2) is 6.47. The number of rotatable bonds is 4. The molecule has 1 fully saturated rings. The van der Waals surface area contributed by atoms with Crippen molar-refractivity contribution < 1.29 is 23.1 Å². The Bertz CT molecular complexity index is 502. The van der Waals surface area contributed by atoms with Crippen molar-refractivity contribution in [2.45, 2.75) is 38.0 Å². The molecule has 1 aromatic rings. The van der Waals surface area contributed by atoms with Gasteiger partial charge in [0.05, 0.1) is 18.1 Å². The average molecular weight is 301 g/mol. The van der Waals surface area contributed by atoms with E-state index in [1.54, 1.807) is 0 Å². The van der Waals surface area contributed by atoms with Crippen LogP contribution in [-0.2, 0) is 17.4 Å². The Morgan fingerprint density at radius 2 is 2.00 bits per heavy atom. The van der Waals surface area contributed by atoms with Crippen molar-refractivity contribution in [1.82, 2.24) is 5.32 Å². The predicted octanol–water partition coefficient (Wildman–Crippen LogP) is 2.53. The van der Waals surface area contributed by atoms with Crippen LogP contribution in [0.2, 0.25) is 0 Å². The molecule has 2 unspecified atom stereocenters. The summed E-state index contributed by atoms with van der Waals surface area (Å²) < 4.78 is 38.5. The van der Waals surface area contributed by atoms with Crippen molar-refractivity contribution in [3.63, 3.8) is 0 Å². The lowest BCUT2D eigenvalue weighted by atomic mass is 10.0. The third-order valence-electron chi connectivity index (χ3n) is 3.85. The highest BCUT2D eigenvalue weighted by Gasteiger charge is 2.33. The molecule has 1 aromatic carbocycles. The summed E-state index contributed by atoms with van der Waals surface area (Å²) in [4.78, 5) is 11.8. The molecular formula is C15H18F3NO2. The van der Waals surface area contributed by atoms with Gasteiger partial charge < -0.3 is 10.4 Å². The van der Waals surface area contributed by atoms with Gasteiger partial charge in [0, 0.05) is 12.5 Å². The fraction of sp³-hybridized carbons (Fsp3) is 0.533. The van der Waals surface area contributed by atoms with Gasteiger partial charge in [0.25, 0.3) is 0 Å². The zero-order valence-electron chi connectivity index (χ0n) is 11.5. The van der Waals surface area contributed by atoms with Crippen LogP contribution in [0.3, 0.4) is 0 Å². The van der Waals surface area contributed by atoms with E-state index in [1.165, 1.54) is 18.2 Å². The summed E-state index contributed by atoms with van der Waals surface area (Å²) in [7, 11) is 0. The van der Waals surface area contributed by atoms with Gasteiger partial charge in [-0.2, -0.15) is 13.2 Å². The molecule has 0 aromatic heterocycles. The summed E-state index contributed by atoms with van der Waals surface area (Å²) in [5.41, 5.74) is -0.810. The van der Waals surface area contributed by atoms with Crippen molar-refractivity contribution in [1.29, 1.82) is 0 Å². The number of carbonyl (C=O) groups excluding carboxylic acids is 1. The topological polar surface area (TPSA) is 49.3 Å². The molecule has 1 aliphatic rings. The molecule has 0 heterocycles. The van der Waals surface area contributed by atoms with Gasteiger partial charge in [-0.05, 0) is 24.5 Å². The Labute approximate surface area is 121 Å². The van der Waals surface area contributed by atoms with Gasteiger partial charge in [-0.1, -0.05) is 24.6 Å². The van der Waals surface area contributed by atoms with Gasteiger partial charge in [-0.3, -0.25) is 4.79 Å². The number of carbonyl (C=O) groups is 1. The summed E-state index contributed by atoms with van der Waals surface area (Å²) in [6, 6.07) is 5.08. The molecule has 3 nitrogen and oxygen atoms in total. The molecular weight excluding hydrogens is 283 g/mol. The van der Waals surface area contributed by atoms with Crippen LogP contribution in [0.5, 0.6) is 0 Å². The fourth-order valence-corrected chi connectivity index (χ4v) is 2.69. The van der Waals surface area contributed by atoms with E-state index in [0.29, 0.717) is 6.54 Å². The molecule has 0 aliphatic heterocycles. The molecule has 0 radical (unpaired) electrons. The van der Waals surface area contributed by atoms with Gasteiger partial charge in [0.15, 0.2) is 0 Å². The van der Waals surface area contributed by atoms with Crippen molar-refractivity contribution in [3.05, 3.63) is 35.4 Å². The molecule has 2 N–H and O–H groups in total. The highest BCUT2D eigenvalue weighted by atomic mass is 19.4. The summed E-state index contributed by atoms with van der Waals surface area (Å²) in [6.07, 6.45) is -2.72. The number of alkyl halides is 3. The van der Waals surface area contributed by atoms with E-state index >= 15 is 0 Å². The average Bonchev–Trinajstić information content (AvgIpc) is 2.81. The lowest BCUT2D eigenvalue weighted by Crippen LogP contribution is -2.33. The third kappa shape index (κ3) is 4.20. The van der Waals surface area contributed by atoms with Crippen molar-refractivity contribution in [2.75, 3.05) is 6.54 Å². The molecule has 2 rings (SSSR count). The Morgan fingerprint density at radius 1 is 1.29 bits per heavy atom. The summed E-state index contributed by atoms with van der Waals surface area (Å²) >= 11 is 0. The van der Waals surface area contributed by atoms with Crippen molar-refractivity contribution in [2.24, 2.45) is 5.92 Å². The molecule has 0 bridgehead atoms. The van der Waals surface area contributed by atoms with Crippen LogP contribution in [0.1, 0.15) is 30.4 Å². The smallest absolute Gasteiger partial charge is 0.393 e. The van der Waals surface area contributed by atoms with Crippen LogP contribution in [0.15, 0.2) is 24.3 Å². The first kappa shape index (κ1) is 15.8. The van der Waals surface area contributed by atoms with Gasteiger partial charge >= 0.3 is 6.18 Å². The molecule has 6 heteroatoms. The van der Waals surface area contributed by atoms with Crippen molar-refractivity contribution in [3.8, 4) is 0 Å². The summed E-state index contributed by atoms with van der Waals surface area (Å²) in [6.45, 7) is 0.314. The Balaban J connectivity index is 1.94. The first-order valence-electron chi connectivity index (χ1n) is 6.98. The highest BCUT2D eigenvalue weighted by Crippen LogP contribution is 2.32. The van der Waals surface area contributed by atoms with E-state index in [4.69, 9.17) is 0 Å². The molecule has 116 valence electrons. The maximum absolute atomic E-state index is 12.8. The van der Waals surface area contributed by atoms with E-state index in [0.717, 1.165) is 25.3 Å². The molecule has 1 aliphatic carbocycles. The first-order chi connectivity index (χ1) is 9.88. The minimum atomic E-state index is -4.46. The lowest BCUT2D eigenvalue weighted by Gasteiger charge is -2.16. The second-order valence-corrected chi connectivity index (χ2v) is 5.39. The standard InChI is InChI=1S/C15H18F3NO2/c16-15(17,18)12-6-2-1-4-10(12)8-14(21)19-9-11-5-3-7-13(11)20/h1-2,4,6,11,13,20H,3,5,7-9H2,(H,19,21). The van der Waals surface area contributed by atoms with E-state index in [9.17, 15) is 23.1 Å².